The highest BCUT2D eigenvalue weighted by molar-refractivity contribution is 7.99. The highest BCUT2D eigenvalue weighted by Gasteiger charge is 2.27. The number of amides is 1. The zero-order chi connectivity index (χ0) is 20.8. The van der Waals surface area contributed by atoms with Gasteiger partial charge in [0.2, 0.25) is 10.0 Å². The van der Waals surface area contributed by atoms with Gasteiger partial charge in [0, 0.05) is 17.0 Å². The predicted octanol–water partition coefficient (Wildman–Crippen LogP) is 4.06. The second-order valence-corrected chi connectivity index (χ2v) is 8.31. The Balaban J connectivity index is 2.20. The number of thioether (sulfide) groups is 1. The van der Waals surface area contributed by atoms with Crippen LogP contribution in [0, 0.1) is 0 Å². The molecule has 28 heavy (non-hydrogen) atoms. The Labute approximate surface area is 165 Å². The molecule has 5 nitrogen and oxygen atoms in total. The summed E-state index contributed by atoms with van der Waals surface area (Å²) in [6, 6.07) is 11.4. The smallest absolute Gasteiger partial charge is 0.321 e. The second-order valence-electron chi connectivity index (χ2n) is 5.52. The number of hydrogen-bond donors (Lipinski definition) is 2. The zero-order valence-electron chi connectivity index (χ0n) is 14.5. The molecule has 2 rings (SSSR count). The minimum Gasteiger partial charge on any atom is -0.321 e. The SMILES string of the molecule is C=CCNS(=O)(=O)c1cccc(C(=O)Nc2ccccc2SCC(F)(F)F)c1. The van der Waals surface area contributed by atoms with Crippen LogP contribution < -0.4 is 10.0 Å². The molecule has 0 saturated heterocycles. The number of carbonyl (C=O) groups excluding carboxylic acids is 1. The first-order chi connectivity index (χ1) is 13.1. The summed E-state index contributed by atoms with van der Waals surface area (Å²) in [5.41, 5.74) is 0.261. The summed E-state index contributed by atoms with van der Waals surface area (Å²) in [4.78, 5) is 12.6. The predicted molar refractivity (Wildman–Crippen MR) is 103 cm³/mol. The maximum atomic E-state index is 12.5. The van der Waals surface area contributed by atoms with Crippen molar-refractivity contribution in [2.75, 3.05) is 17.6 Å². The van der Waals surface area contributed by atoms with Gasteiger partial charge in [-0.2, -0.15) is 13.2 Å². The number of sulfonamides is 1. The molecule has 2 aromatic rings. The van der Waals surface area contributed by atoms with Gasteiger partial charge in [-0.05, 0) is 30.3 Å². The standard InChI is InChI=1S/C18H17F3N2O3S2/c1-2-10-22-28(25,26)14-7-5-6-13(11-14)17(24)23-15-8-3-4-9-16(15)27-12-18(19,20)21/h2-9,11,22H,1,10,12H2,(H,23,24). The molecule has 150 valence electrons. The summed E-state index contributed by atoms with van der Waals surface area (Å²) in [7, 11) is -3.81. The maximum Gasteiger partial charge on any atom is 0.398 e. The highest BCUT2D eigenvalue weighted by atomic mass is 32.2. The van der Waals surface area contributed by atoms with E-state index in [9.17, 15) is 26.4 Å². The zero-order valence-corrected chi connectivity index (χ0v) is 16.1. The third kappa shape index (κ3) is 6.39. The quantitative estimate of drug-likeness (QED) is 0.489. The van der Waals surface area contributed by atoms with Gasteiger partial charge >= 0.3 is 6.18 Å². The lowest BCUT2D eigenvalue weighted by atomic mass is 10.2. The van der Waals surface area contributed by atoms with Crippen LogP contribution in [0.5, 0.6) is 0 Å². The summed E-state index contributed by atoms with van der Waals surface area (Å²) < 4.78 is 64.0. The first kappa shape index (κ1) is 22.0. The molecule has 0 aromatic heterocycles. The highest BCUT2D eigenvalue weighted by Crippen LogP contribution is 2.32. The lowest BCUT2D eigenvalue weighted by Crippen LogP contribution is -2.24. The Hall–Kier alpha value is -2.30. The summed E-state index contributed by atoms with van der Waals surface area (Å²) in [6.07, 6.45) is -2.97. The van der Waals surface area contributed by atoms with E-state index in [1.807, 2.05) is 0 Å². The van der Waals surface area contributed by atoms with Crippen LogP contribution >= 0.6 is 11.8 Å². The summed E-state index contributed by atoms with van der Waals surface area (Å²) >= 11 is 0.553. The van der Waals surface area contributed by atoms with Crippen LogP contribution in [-0.4, -0.2) is 32.8 Å². The third-order valence-electron chi connectivity index (χ3n) is 3.35. The number of para-hydroxylation sites is 1. The largest absolute Gasteiger partial charge is 0.398 e. The van der Waals surface area contributed by atoms with E-state index < -0.39 is 27.9 Å². The molecule has 0 radical (unpaired) electrons. The van der Waals surface area contributed by atoms with E-state index in [2.05, 4.69) is 16.6 Å². The molecule has 0 aliphatic heterocycles. The van der Waals surface area contributed by atoms with E-state index in [0.717, 1.165) is 0 Å². The maximum absolute atomic E-state index is 12.5. The first-order valence-electron chi connectivity index (χ1n) is 7.93. The fraction of sp³-hybridized carbons (Fsp3) is 0.167. The van der Waals surface area contributed by atoms with Gasteiger partial charge in [0.05, 0.1) is 16.3 Å². The van der Waals surface area contributed by atoms with Crippen LogP contribution in [0.2, 0.25) is 0 Å². The molecule has 0 atom stereocenters. The number of benzene rings is 2. The number of alkyl halides is 3. The van der Waals surface area contributed by atoms with E-state index in [4.69, 9.17) is 0 Å². The van der Waals surface area contributed by atoms with Crippen molar-refractivity contribution in [2.24, 2.45) is 0 Å². The van der Waals surface area contributed by atoms with E-state index in [1.165, 1.54) is 42.5 Å². The van der Waals surface area contributed by atoms with Crippen molar-refractivity contribution in [1.82, 2.24) is 4.72 Å². The number of hydrogen-bond acceptors (Lipinski definition) is 4. The average Bonchev–Trinajstić information content (AvgIpc) is 2.65. The van der Waals surface area contributed by atoms with Crippen LogP contribution in [0.1, 0.15) is 10.4 Å². The molecule has 0 heterocycles. The molecule has 0 fully saturated rings. The van der Waals surface area contributed by atoms with Crippen molar-refractivity contribution in [2.45, 2.75) is 16.0 Å². The minimum absolute atomic E-state index is 0.0303. The molecule has 0 unspecified atom stereocenters. The van der Waals surface area contributed by atoms with Crippen LogP contribution in [-0.2, 0) is 10.0 Å². The van der Waals surface area contributed by atoms with Gasteiger partial charge < -0.3 is 5.32 Å². The first-order valence-corrected chi connectivity index (χ1v) is 10.4. The normalized spacial score (nSPS) is 11.8. The molecular formula is C18H17F3N2O3S2. The van der Waals surface area contributed by atoms with Crippen molar-refractivity contribution in [1.29, 1.82) is 0 Å². The lowest BCUT2D eigenvalue weighted by molar-refractivity contribution is -0.105. The van der Waals surface area contributed by atoms with Gasteiger partial charge in [-0.25, -0.2) is 13.1 Å². The van der Waals surface area contributed by atoms with Crippen LogP contribution in [0.15, 0.2) is 71.0 Å². The van der Waals surface area contributed by atoms with Crippen LogP contribution in [0.4, 0.5) is 18.9 Å². The van der Waals surface area contributed by atoms with Gasteiger partial charge in [-0.3, -0.25) is 4.79 Å². The number of rotatable bonds is 8. The van der Waals surface area contributed by atoms with Crippen molar-refractivity contribution >= 4 is 33.4 Å². The molecule has 0 aliphatic rings. The minimum atomic E-state index is -4.34. The Morgan fingerprint density at radius 1 is 1.14 bits per heavy atom. The number of anilines is 1. The molecule has 1 amide bonds. The van der Waals surface area contributed by atoms with Gasteiger partial charge in [-0.15, -0.1) is 18.3 Å². The molecule has 0 spiro atoms. The van der Waals surface area contributed by atoms with Crippen LogP contribution in [0.3, 0.4) is 0 Å². The van der Waals surface area contributed by atoms with Crippen molar-refractivity contribution in [3.8, 4) is 0 Å². The lowest BCUT2D eigenvalue weighted by Gasteiger charge is -2.12. The average molecular weight is 430 g/mol. The van der Waals surface area contributed by atoms with Crippen molar-refractivity contribution in [3.63, 3.8) is 0 Å². The molecule has 0 bridgehead atoms. The summed E-state index contributed by atoms with van der Waals surface area (Å²) in [5, 5.41) is 2.53. The van der Waals surface area contributed by atoms with Crippen molar-refractivity contribution < 1.29 is 26.4 Å². The molecule has 2 aromatic carbocycles. The third-order valence-corrected chi connectivity index (χ3v) is 5.91. The van der Waals surface area contributed by atoms with Gasteiger partial charge in [-0.1, -0.05) is 24.3 Å². The second kappa shape index (κ2) is 9.26. The Morgan fingerprint density at radius 3 is 2.54 bits per heavy atom. The Bertz CT molecular complexity index is 961. The van der Waals surface area contributed by atoms with Gasteiger partial charge in [0.15, 0.2) is 0 Å². The Morgan fingerprint density at radius 2 is 1.86 bits per heavy atom. The molecule has 0 aliphatic carbocycles. The molecule has 2 N–H and O–H groups in total. The monoisotopic (exact) mass is 430 g/mol. The van der Waals surface area contributed by atoms with Gasteiger partial charge in [0.1, 0.15) is 0 Å². The molecule has 0 saturated carbocycles. The van der Waals surface area contributed by atoms with E-state index in [0.29, 0.717) is 11.8 Å². The van der Waals surface area contributed by atoms with Crippen LogP contribution in [0.25, 0.3) is 0 Å². The fourth-order valence-corrected chi connectivity index (χ4v) is 3.92. The number of nitrogens with one attached hydrogen (secondary N) is 2. The van der Waals surface area contributed by atoms with E-state index in [1.54, 1.807) is 12.1 Å². The Kier molecular flexibility index (Phi) is 7.28. The van der Waals surface area contributed by atoms with Gasteiger partial charge in [0.25, 0.3) is 5.91 Å². The molecule has 10 heteroatoms. The van der Waals surface area contributed by atoms with E-state index >= 15 is 0 Å². The van der Waals surface area contributed by atoms with Crippen molar-refractivity contribution in [3.05, 3.63) is 66.7 Å². The summed E-state index contributed by atoms with van der Waals surface area (Å²) in [5.74, 6) is -1.73. The molecular weight excluding hydrogens is 413 g/mol. The van der Waals surface area contributed by atoms with E-state index in [-0.39, 0.29) is 27.6 Å². The topological polar surface area (TPSA) is 75.3 Å². The number of carbonyl (C=O) groups is 1. The fourth-order valence-electron chi connectivity index (χ4n) is 2.11. The number of halogens is 3. The summed E-state index contributed by atoms with van der Waals surface area (Å²) in [6.45, 7) is 3.46.